The molecule has 3 heterocycles. The Morgan fingerprint density at radius 1 is 1.36 bits per heavy atom. The van der Waals surface area contributed by atoms with Gasteiger partial charge in [0.15, 0.2) is 0 Å². The minimum Gasteiger partial charge on any atom is -0.378 e. The largest absolute Gasteiger partial charge is 0.378 e. The van der Waals surface area contributed by atoms with Crippen molar-refractivity contribution in [3.05, 3.63) is 23.3 Å². The number of ether oxygens (including phenoxy) is 1. The van der Waals surface area contributed by atoms with Crippen LogP contribution in [-0.4, -0.2) is 61.6 Å². The van der Waals surface area contributed by atoms with Crippen LogP contribution in [-0.2, 0) is 26.1 Å². The molecule has 2 aromatic heterocycles. The average Bonchev–Trinajstić information content (AvgIpc) is 3.27. The van der Waals surface area contributed by atoms with Crippen molar-refractivity contribution in [1.29, 1.82) is 0 Å². The number of rotatable bonds is 7. The van der Waals surface area contributed by atoms with Crippen LogP contribution >= 0.6 is 11.3 Å². The van der Waals surface area contributed by atoms with Crippen molar-refractivity contribution >= 4 is 27.3 Å². The molecule has 0 aromatic carbocycles. The van der Waals surface area contributed by atoms with Crippen LogP contribution in [0.1, 0.15) is 18.5 Å². The van der Waals surface area contributed by atoms with Gasteiger partial charge < -0.3 is 14.2 Å². The molecule has 1 amide bonds. The lowest BCUT2D eigenvalue weighted by Gasteiger charge is -2.27. The Morgan fingerprint density at radius 2 is 2.11 bits per heavy atom. The van der Waals surface area contributed by atoms with Crippen molar-refractivity contribution in [2.45, 2.75) is 31.2 Å². The molecule has 4 rings (SSSR count). The van der Waals surface area contributed by atoms with Gasteiger partial charge in [-0.1, -0.05) is 0 Å². The molecule has 1 N–H and O–H groups in total. The number of sulfonamides is 1. The molecule has 0 radical (unpaired) electrons. The molecular formula is C18H24N4O4S2. The van der Waals surface area contributed by atoms with Crippen molar-refractivity contribution in [3.63, 3.8) is 0 Å². The minimum atomic E-state index is -3.62. The van der Waals surface area contributed by atoms with Crippen LogP contribution in [0.15, 0.2) is 22.5 Å². The highest BCUT2D eigenvalue weighted by Gasteiger charge is 2.27. The SMILES string of the molecule is Cc1csc(-c2cc(S(=O)(=O)NCC3CC3)cn2CC(=O)N2CCOCC2)n1. The minimum absolute atomic E-state index is 0.0525. The Kier molecular flexibility index (Phi) is 5.55. The van der Waals surface area contributed by atoms with E-state index in [9.17, 15) is 13.2 Å². The van der Waals surface area contributed by atoms with Crippen molar-refractivity contribution in [3.8, 4) is 10.7 Å². The van der Waals surface area contributed by atoms with Gasteiger partial charge in [-0.3, -0.25) is 4.79 Å². The summed E-state index contributed by atoms with van der Waals surface area (Å²) in [5.74, 6) is 0.393. The van der Waals surface area contributed by atoms with Gasteiger partial charge >= 0.3 is 0 Å². The van der Waals surface area contributed by atoms with Crippen LogP contribution in [0.2, 0.25) is 0 Å². The molecule has 1 aliphatic carbocycles. The van der Waals surface area contributed by atoms with E-state index in [2.05, 4.69) is 9.71 Å². The second-order valence-corrected chi connectivity index (χ2v) is 9.90. The average molecular weight is 425 g/mol. The number of amides is 1. The van der Waals surface area contributed by atoms with Gasteiger partial charge in [-0.2, -0.15) is 0 Å². The number of hydrogen-bond acceptors (Lipinski definition) is 6. The quantitative estimate of drug-likeness (QED) is 0.726. The van der Waals surface area contributed by atoms with Gasteiger partial charge in [-0.15, -0.1) is 11.3 Å². The number of thiazole rings is 1. The Balaban J connectivity index is 1.61. The molecule has 0 unspecified atom stereocenters. The molecule has 2 aliphatic rings. The number of nitrogens with zero attached hydrogens (tertiary/aromatic N) is 3. The second-order valence-electron chi connectivity index (χ2n) is 7.27. The van der Waals surface area contributed by atoms with E-state index in [4.69, 9.17) is 4.74 Å². The van der Waals surface area contributed by atoms with Crippen LogP contribution in [0.3, 0.4) is 0 Å². The molecular weight excluding hydrogens is 400 g/mol. The molecule has 0 atom stereocenters. The molecule has 152 valence electrons. The first-order valence-corrected chi connectivity index (χ1v) is 11.8. The van der Waals surface area contributed by atoms with Gasteiger partial charge in [0.2, 0.25) is 15.9 Å². The van der Waals surface area contributed by atoms with Crippen molar-refractivity contribution in [2.75, 3.05) is 32.8 Å². The third-order valence-electron chi connectivity index (χ3n) is 4.95. The van der Waals surface area contributed by atoms with E-state index in [1.807, 2.05) is 12.3 Å². The molecule has 0 spiro atoms. The van der Waals surface area contributed by atoms with E-state index in [0.717, 1.165) is 18.5 Å². The van der Waals surface area contributed by atoms with Gasteiger partial charge in [0.25, 0.3) is 0 Å². The molecule has 1 aliphatic heterocycles. The van der Waals surface area contributed by atoms with E-state index in [1.165, 1.54) is 11.3 Å². The normalized spacial score (nSPS) is 17.8. The highest BCUT2D eigenvalue weighted by molar-refractivity contribution is 7.89. The summed E-state index contributed by atoms with van der Waals surface area (Å²) in [7, 11) is -3.62. The highest BCUT2D eigenvalue weighted by atomic mass is 32.2. The zero-order valence-electron chi connectivity index (χ0n) is 15.8. The smallest absolute Gasteiger partial charge is 0.242 e. The number of carbonyl (C=O) groups is 1. The number of nitrogens with one attached hydrogen (secondary N) is 1. The predicted molar refractivity (Wildman–Crippen MR) is 106 cm³/mol. The van der Waals surface area contributed by atoms with Gasteiger partial charge in [-0.05, 0) is 31.7 Å². The molecule has 0 bridgehead atoms. The Labute approximate surface area is 168 Å². The van der Waals surface area contributed by atoms with E-state index in [1.54, 1.807) is 21.7 Å². The third kappa shape index (κ3) is 4.45. The fourth-order valence-corrected chi connectivity index (χ4v) is 5.09. The molecule has 2 aromatic rings. The van der Waals surface area contributed by atoms with Gasteiger partial charge in [0, 0.05) is 36.9 Å². The fraction of sp³-hybridized carbons (Fsp3) is 0.556. The summed E-state index contributed by atoms with van der Waals surface area (Å²) in [6.07, 6.45) is 3.68. The molecule has 8 nitrogen and oxygen atoms in total. The fourth-order valence-electron chi connectivity index (χ4n) is 3.10. The zero-order chi connectivity index (χ0) is 19.7. The topological polar surface area (TPSA) is 93.5 Å². The summed E-state index contributed by atoms with van der Waals surface area (Å²) >= 11 is 1.44. The third-order valence-corrected chi connectivity index (χ3v) is 7.32. The Hall–Kier alpha value is -1.75. The molecule has 1 saturated carbocycles. The Bertz CT molecular complexity index is 956. The summed E-state index contributed by atoms with van der Waals surface area (Å²) in [5.41, 5.74) is 1.51. The van der Waals surface area contributed by atoms with Crippen LogP contribution in [0.25, 0.3) is 10.7 Å². The van der Waals surface area contributed by atoms with E-state index >= 15 is 0 Å². The lowest BCUT2D eigenvalue weighted by atomic mass is 10.4. The van der Waals surface area contributed by atoms with Gasteiger partial charge in [-0.25, -0.2) is 18.1 Å². The monoisotopic (exact) mass is 424 g/mol. The number of hydrogen-bond donors (Lipinski definition) is 1. The maximum Gasteiger partial charge on any atom is 0.242 e. The number of aromatic nitrogens is 2. The van der Waals surface area contributed by atoms with E-state index < -0.39 is 10.0 Å². The number of morpholine rings is 1. The summed E-state index contributed by atoms with van der Waals surface area (Å²) in [6.45, 7) is 4.60. The number of carbonyl (C=O) groups excluding carboxylic acids is 1. The zero-order valence-corrected chi connectivity index (χ0v) is 17.4. The predicted octanol–water partition coefficient (Wildman–Crippen LogP) is 1.47. The highest BCUT2D eigenvalue weighted by Crippen LogP contribution is 2.30. The van der Waals surface area contributed by atoms with E-state index in [-0.39, 0.29) is 17.3 Å². The summed E-state index contributed by atoms with van der Waals surface area (Å²) < 4.78 is 35.1. The lowest BCUT2D eigenvalue weighted by molar-refractivity contribution is -0.135. The molecule has 10 heteroatoms. The van der Waals surface area contributed by atoms with Crippen LogP contribution in [0, 0.1) is 12.8 Å². The first-order valence-electron chi connectivity index (χ1n) is 9.40. The van der Waals surface area contributed by atoms with Gasteiger partial charge in [0.05, 0.1) is 18.9 Å². The maximum absolute atomic E-state index is 12.7. The van der Waals surface area contributed by atoms with E-state index in [0.29, 0.717) is 49.5 Å². The van der Waals surface area contributed by atoms with Crippen LogP contribution in [0.4, 0.5) is 0 Å². The second kappa shape index (κ2) is 7.94. The van der Waals surface area contributed by atoms with Crippen molar-refractivity contribution in [1.82, 2.24) is 19.2 Å². The van der Waals surface area contributed by atoms with Crippen LogP contribution < -0.4 is 4.72 Å². The number of aryl methyl sites for hydroxylation is 1. The first-order chi connectivity index (χ1) is 13.4. The Morgan fingerprint density at radius 3 is 2.75 bits per heavy atom. The lowest BCUT2D eigenvalue weighted by Crippen LogP contribution is -2.42. The van der Waals surface area contributed by atoms with Crippen LogP contribution in [0.5, 0.6) is 0 Å². The van der Waals surface area contributed by atoms with Crippen molar-refractivity contribution in [2.24, 2.45) is 5.92 Å². The standard InChI is InChI=1S/C18H24N4O4S2/c1-13-12-27-18(20-13)16-8-15(28(24,25)19-9-14-2-3-14)10-22(16)11-17(23)21-4-6-26-7-5-21/h8,10,12,14,19H,2-7,9,11H2,1H3. The summed E-state index contributed by atoms with van der Waals surface area (Å²) in [5, 5.41) is 2.62. The summed E-state index contributed by atoms with van der Waals surface area (Å²) in [4.78, 5) is 19.1. The molecule has 28 heavy (non-hydrogen) atoms. The molecule has 1 saturated heterocycles. The molecule has 2 fully saturated rings. The first kappa shape index (κ1) is 19.6. The maximum atomic E-state index is 12.7. The van der Waals surface area contributed by atoms with Crippen molar-refractivity contribution < 1.29 is 17.9 Å². The van der Waals surface area contributed by atoms with Gasteiger partial charge in [0.1, 0.15) is 16.4 Å². The summed E-state index contributed by atoms with van der Waals surface area (Å²) in [6, 6.07) is 1.61.